The number of hydrogen-bond donors (Lipinski definition) is 0. The van der Waals surface area contributed by atoms with Crippen molar-refractivity contribution in [1.82, 2.24) is 5.32 Å². The van der Waals surface area contributed by atoms with E-state index in [0.717, 1.165) is 0 Å². The number of halogens is 2. The lowest BCUT2D eigenvalue weighted by atomic mass is 10.3. The number of aliphatic imine (C=N–C) groups is 1. The fourth-order valence-corrected chi connectivity index (χ4v) is 1.18. The Bertz CT molecular complexity index is 335. The Balaban J connectivity index is 2.66. The molecule has 1 aromatic rings. The van der Waals surface area contributed by atoms with E-state index in [-0.39, 0.29) is 5.82 Å². The Morgan fingerprint density at radius 1 is 1.36 bits per heavy atom. The van der Waals surface area contributed by atoms with Crippen LogP contribution in [0.25, 0.3) is 0 Å². The second-order valence-electron chi connectivity index (χ2n) is 2.13. The van der Waals surface area contributed by atoms with Gasteiger partial charge >= 0.3 is 0 Å². The molecule has 1 heterocycles. The number of fused-ring (bicyclic) bond motifs is 1. The lowest BCUT2D eigenvalue weighted by Crippen LogP contribution is -1.86. The average Bonchev–Trinajstić information content (AvgIpc) is 2.34. The van der Waals surface area contributed by atoms with Gasteiger partial charge in [-0.3, -0.25) is 0 Å². The molecular weight excluding hydrogens is 167 g/mol. The quantitative estimate of drug-likeness (QED) is 0.570. The van der Waals surface area contributed by atoms with Crippen LogP contribution in [0.1, 0.15) is 0 Å². The van der Waals surface area contributed by atoms with E-state index < -0.39 is 0 Å². The normalized spacial score (nSPS) is 12.9. The van der Waals surface area contributed by atoms with E-state index >= 15 is 0 Å². The van der Waals surface area contributed by atoms with Gasteiger partial charge < -0.3 is 0 Å². The van der Waals surface area contributed by atoms with Gasteiger partial charge in [0.05, 0.1) is 10.7 Å². The molecule has 1 aliphatic heterocycles. The Kier molecular flexibility index (Phi) is 1.32. The van der Waals surface area contributed by atoms with Gasteiger partial charge in [0, 0.05) is 6.07 Å². The molecule has 1 radical (unpaired) electrons. The van der Waals surface area contributed by atoms with Crippen LogP contribution < -0.4 is 5.32 Å². The summed E-state index contributed by atoms with van der Waals surface area (Å²) in [6, 6.07) is 2.52. The minimum absolute atomic E-state index is 0.303. The highest BCUT2D eigenvalue weighted by Crippen LogP contribution is 2.35. The van der Waals surface area contributed by atoms with Crippen LogP contribution in [-0.4, -0.2) is 6.34 Å². The fourth-order valence-electron chi connectivity index (χ4n) is 0.927. The monoisotopic (exact) mass is 169 g/mol. The van der Waals surface area contributed by atoms with Crippen LogP contribution in [0.3, 0.4) is 0 Å². The predicted octanol–water partition coefficient (Wildman–Crippen LogP) is 2.39. The SMILES string of the molecule is Fc1cc(Cl)c2c(c1)N=C[N]2. The van der Waals surface area contributed by atoms with Crippen molar-refractivity contribution in [3.63, 3.8) is 0 Å². The van der Waals surface area contributed by atoms with Crippen molar-refractivity contribution >= 4 is 29.3 Å². The van der Waals surface area contributed by atoms with Crippen LogP contribution in [-0.2, 0) is 0 Å². The molecule has 1 aliphatic rings. The second kappa shape index (κ2) is 2.20. The first-order valence-electron chi connectivity index (χ1n) is 3.00. The van der Waals surface area contributed by atoms with Crippen molar-refractivity contribution in [3.8, 4) is 0 Å². The van der Waals surface area contributed by atoms with Gasteiger partial charge in [-0.1, -0.05) is 11.6 Å². The van der Waals surface area contributed by atoms with Crippen LogP contribution in [0, 0.1) is 5.82 Å². The highest BCUT2D eigenvalue weighted by atomic mass is 35.5. The summed E-state index contributed by atoms with van der Waals surface area (Å²) >= 11 is 5.66. The van der Waals surface area contributed by atoms with Gasteiger partial charge in [-0.15, -0.1) is 0 Å². The molecule has 0 aliphatic carbocycles. The average molecular weight is 170 g/mol. The first kappa shape index (κ1) is 6.61. The molecule has 1 aromatic carbocycles. The van der Waals surface area contributed by atoms with Crippen molar-refractivity contribution in [2.45, 2.75) is 0 Å². The second-order valence-corrected chi connectivity index (χ2v) is 2.54. The summed E-state index contributed by atoms with van der Waals surface area (Å²) in [4.78, 5) is 3.80. The minimum Gasteiger partial charge on any atom is -0.235 e. The third-order valence-electron chi connectivity index (χ3n) is 1.39. The van der Waals surface area contributed by atoms with E-state index in [1.165, 1.54) is 18.5 Å². The summed E-state index contributed by atoms with van der Waals surface area (Å²) in [6.45, 7) is 0. The highest BCUT2D eigenvalue weighted by Gasteiger charge is 2.12. The van der Waals surface area contributed by atoms with E-state index in [4.69, 9.17) is 11.6 Å². The number of rotatable bonds is 0. The van der Waals surface area contributed by atoms with Gasteiger partial charge in [0.1, 0.15) is 17.8 Å². The summed E-state index contributed by atoms with van der Waals surface area (Å²) in [7, 11) is 0. The molecule has 0 bridgehead atoms. The van der Waals surface area contributed by atoms with E-state index in [1.54, 1.807) is 0 Å². The molecule has 2 rings (SSSR count). The van der Waals surface area contributed by atoms with Gasteiger partial charge in [-0.05, 0) is 6.07 Å². The standard InChI is InChI=1S/C7H3ClFN2/c8-5-1-4(9)2-6-7(5)11-3-10-6/h1-3H. The summed E-state index contributed by atoms with van der Waals surface area (Å²) in [5.74, 6) is -0.386. The topological polar surface area (TPSA) is 26.5 Å². The smallest absolute Gasteiger partial charge is 0.127 e. The number of benzene rings is 1. The zero-order valence-electron chi connectivity index (χ0n) is 5.38. The first-order chi connectivity index (χ1) is 5.27. The third-order valence-corrected chi connectivity index (χ3v) is 1.68. The van der Waals surface area contributed by atoms with E-state index in [1.807, 2.05) is 0 Å². The molecule has 55 valence electrons. The van der Waals surface area contributed by atoms with Crippen molar-refractivity contribution in [2.75, 3.05) is 0 Å². The van der Waals surface area contributed by atoms with Gasteiger partial charge in [-0.2, -0.15) is 0 Å². The van der Waals surface area contributed by atoms with Crippen molar-refractivity contribution in [2.24, 2.45) is 4.99 Å². The maximum atomic E-state index is 12.6. The minimum atomic E-state index is -0.386. The molecule has 0 saturated heterocycles. The highest BCUT2D eigenvalue weighted by molar-refractivity contribution is 6.34. The number of nitrogens with zero attached hydrogens (tertiary/aromatic N) is 2. The Morgan fingerprint density at radius 2 is 2.18 bits per heavy atom. The molecule has 0 spiro atoms. The molecule has 4 heteroatoms. The molecule has 0 aromatic heterocycles. The molecule has 0 N–H and O–H groups in total. The zero-order valence-corrected chi connectivity index (χ0v) is 6.14. The van der Waals surface area contributed by atoms with Gasteiger partial charge in [-0.25, -0.2) is 14.7 Å². The van der Waals surface area contributed by atoms with Crippen LogP contribution in [0.15, 0.2) is 17.1 Å². The zero-order chi connectivity index (χ0) is 7.84. The maximum absolute atomic E-state index is 12.6. The largest absolute Gasteiger partial charge is 0.235 e. The first-order valence-corrected chi connectivity index (χ1v) is 3.37. The Morgan fingerprint density at radius 3 is 3.00 bits per heavy atom. The van der Waals surface area contributed by atoms with Crippen LogP contribution in [0.2, 0.25) is 5.02 Å². The van der Waals surface area contributed by atoms with Crippen LogP contribution in [0.5, 0.6) is 0 Å². The van der Waals surface area contributed by atoms with E-state index in [0.29, 0.717) is 16.4 Å². The van der Waals surface area contributed by atoms with Gasteiger partial charge in [0.2, 0.25) is 0 Å². The van der Waals surface area contributed by atoms with Crippen molar-refractivity contribution < 1.29 is 4.39 Å². The Labute approximate surface area is 67.7 Å². The molecule has 0 amide bonds. The molecular formula is C7H3ClFN2. The molecule has 11 heavy (non-hydrogen) atoms. The van der Waals surface area contributed by atoms with Crippen LogP contribution >= 0.6 is 11.6 Å². The van der Waals surface area contributed by atoms with Crippen LogP contribution in [0.4, 0.5) is 15.8 Å². The molecule has 0 atom stereocenters. The van der Waals surface area contributed by atoms with Gasteiger partial charge in [0.25, 0.3) is 0 Å². The predicted molar refractivity (Wildman–Crippen MR) is 41.4 cm³/mol. The maximum Gasteiger partial charge on any atom is 0.127 e. The fraction of sp³-hybridized carbons (Fsp3) is 0. The Hall–Kier alpha value is -1.09. The van der Waals surface area contributed by atoms with Crippen molar-refractivity contribution in [1.29, 1.82) is 0 Å². The van der Waals surface area contributed by atoms with E-state index in [2.05, 4.69) is 10.3 Å². The summed E-state index contributed by atoms with van der Waals surface area (Å²) in [6.07, 6.45) is 1.36. The molecule has 0 unspecified atom stereocenters. The van der Waals surface area contributed by atoms with Gasteiger partial charge in [0.15, 0.2) is 0 Å². The number of hydrogen-bond acceptors (Lipinski definition) is 1. The van der Waals surface area contributed by atoms with E-state index in [9.17, 15) is 4.39 Å². The summed E-state index contributed by atoms with van der Waals surface area (Å²) < 4.78 is 12.6. The lowest BCUT2D eigenvalue weighted by molar-refractivity contribution is 0.628. The molecule has 2 nitrogen and oxygen atoms in total. The van der Waals surface area contributed by atoms with Crippen molar-refractivity contribution in [3.05, 3.63) is 23.0 Å². The summed E-state index contributed by atoms with van der Waals surface area (Å²) in [5, 5.41) is 4.15. The summed E-state index contributed by atoms with van der Waals surface area (Å²) in [5.41, 5.74) is 1.04. The molecule has 0 fully saturated rings. The lowest BCUT2D eigenvalue weighted by Gasteiger charge is -1.97. The molecule has 0 saturated carbocycles. The third kappa shape index (κ3) is 0.973.